The van der Waals surface area contributed by atoms with Crippen molar-refractivity contribution in [1.82, 2.24) is 0 Å². The van der Waals surface area contributed by atoms with Crippen molar-refractivity contribution in [2.45, 2.75) is 12.3 Å². The predicted molar refractivity (Wildman–Crippen MR) is 49.0 cm³/mol. The van der Waals surface area contributed by atoms with E-state index in [1.807, 2.05) is 12.1 Å². The molecule has 1 aliphatic rings. The highest BCUT2D eigenvalue weighted by Gasteiger charge is 2.16. The van der Waals surface area contributed by atoms with Crippen LogP contribution in [0.15, 0.2) is 24.3 Å². The lowest BCUT2D eigenvalue weighted by atomic mass is 9.98. The number of ether oxygens (including phenoxy) is 1. The van der Waals surface area contributed by atoms with Crippen LogP contribution < -0.4 is 5.73 Å². The van der Waals surface area contributed by atoms with Gasteiger partial charge in [-0.3, -0.25) is 0 Å². The van der Waals surface area contributed by atoms with Crippen molar-refractivity contribution in [3.8, 4) is 0 Å². The number of nitrogens with two attached hydrogens (primary N) is 1. The Morgan fingerprint density at radius 1 is 1.25 bits per heavy atom. The lowest BCUT2D eigenvalue weighted by Crippen LogP contribution is -1.97. The average molecular weight is 163 g/mol. The maximum Gasteiger partial charge on any atom is 0.0535 e. The van der Waals surface area contributed by atoms with Gasteiger partial charge in [-0.05, 0) is 24.1 Å². The van der Waals surface area contributed by atoms with Gasteiger partial charge in [-0.2, -0.15) is 0 Å². The highest BCUT2D eigenvalue weighted by atomic mass is 16.5. The summed E-state index contributed by atoms with van der Waals surface area (Å²) in [5.74, 6) is 0.589. The van der Waals surface area contributed by atoms with Crippen LogP contribution in [0.25, 0.3) is 0 Å². The van der Waals surface area contributed by atoms with E-state index in [4.69, 9.17) is 10.5 Å². The molecule has 0 bridgehead atoms. The van der Waals surface area contributed by atoms with E-state index in [2.05, 4.69) is 12.1 Å². The normalized spacial score (nSPS) is 22.8. The van der Waals surface area contributed by atoms with Crippen molar-refractivity contribution < 1.29 is 4.74 Å². The van der Waals surface area contributed by atoms with Crippen LogP contribution in [0.2, 0.25) is 0 Å². The Morgan fingerprint density at radius 3 is 2.58 bits per heavy atom. The predicted octanol–water partition coefficient (Wildman–Crippen LogP) is 1.77. The zero-order chi connectivity index (χ0) is 8.39. The van der Waals surface area contributed by atoms with Crippen LogP contribution >= 0.6 is 0 Å². The molecule has 0 saturated carbocycles. The Balaban J connectivity index is 2.17. The molecular weight excluding hydrogens is 150 g/mol. The minimum atomic E-state index is 0.589. The Labute approximate surface area is 72.3 Å². The van der Waals surface area contributed by atoms with Gasteiger partial charge in [0, 0.05) is 18.2 Å². The van der Waals surface area contributed by atoms with Gasteiger partial charge in [0.1, 0.15) is 0 Å². The minimum absolute atomic E-state index is 0.589. The topological polar surface area (TPSA) is 35.2 Å². The summed E-state index contributed by atoms with van der Waals surface area (Å²) < 4.78 is 5.31. The summed E-state index contributed by atoms with van der Waals surface area (Å²) in [5, 5.41) is 0. The second kappa shape index (κ2) is 3.15. The monoisotopic (exact) mass is 163 g/mol. The number of rotatable bonds is 1. The molecule has 64 valence electrons. The van der Waals surface area contributed by atoms with Crippen LogP contribution in [-0.4, -0.2) is 13.2 Å². The van der Waals surface area contributed by atoms with E-state index in [-0.39, 0.29) is 0 Å². The largest absolute Gasteiger partial charge is 0.399 e. The highest BCUT2D eigenvalue weighted by Crippen LogP contribution is 2.25. The summed E-state index contributed by atoms with van der Waals surface area (Å²) in [6.45, 7) is 1.76. The molecule has 2 rings (SSSR count). The molecule has 2 heteroatoms. The third kappa shape index (κ3) is 1.43. The molecule has 0 spiro atoms. The zero-order valence-electron chi connectivity index (χ0n) is 6.99. The van der Waals surface area contributed by atoms with E-state index in [1.54, 1.807) is 0 Å². The molecule has 1 unspecified atom stereocenters. The second-order valence-electron chi connectivity index (χ2n) is 3.23. The van der Waals surface area contributed by atoms with Crippen molar-refractivity contribution in [3.05, 3.63) is 29.8 Å². The molecule has 2 N–H and O–H groups in total. The molecule has 0 amide bonds. The van der Waals surface area contributed by atoms with E-state index >= 15 is 0 Å². The highest BCUT2D eigenvalue weighted by molar-refractivity contribution is 5.40. The first-order valence-electron chi connectivity index (χ1n) is 4.29. The number of hydrogen-bond donors (Lipinski definition) is 1. The fraction of sp³-hybridized carbons (Fsp3) is 0.400. The van der Waals surface area contributed by atoms with Crippen molar-refractivity contribution in [3.63, 3.8) is 0 Å². The number of benzene rings is 1. The first kappa shape index (κ1) is 7.62. The Kier molecular flexibility index (Phi) is 2.00. The lowest BCUT2D eigenvalue weighted by Gasteiger charge is -2.07. The van der Waals surface area contributed by atoms with Gasteiger partial charge in [0.05, 0.1) is 6.61 Å². The van der Waals surface area contributed by atoms with Gasteiger partial charge in [0.15, 0.2) is 0 Å². The van der Waals surface area contributed by atoms with Gasteiger partial charge < -0.3 is 10.5 Å². The molecule has 1 aromatic carbocycles. The maximum atomic E-state index is 5.59. The molecule has 0 radical (unpaired) electrons. The molecule has 2 nitrogen and oxygen atoms in total. The standard InChI is InChI=1S/C10H13NO/c11-10-3-1-8(2-4-10)9-5-6-12-7-9/h1-4,9H,5-7,11H2. The number of hydrogen-bond acceptors (Lipinski definition) is 2. The molecule has 12 heavy (non-hydrogen) atoms. The van der Waals surface area contributed by atoms with Crippen LogP contribution in [0.5, 0.6) is 0 Å². The molecule has 1 aliphatic heterocycles. The fourth-order valence-corrected chi connectivity index (χ4v) is 1.57. The smallest absolute Gasteiger partial charge is 0.0535 e. The molecule has 1 fully saturated rings. The van der Waals surface area contributed by atoms with Crippen molar-refractivity contribution >= 4 is 5.69 Å². The lowest BCUT2D eigenvalue weighted by molar-refractivity contribution is 0.194. The van der Waals surface area contributed by atoms with Crippen LogP contribution in [0.4, 0.5) is 5.69 Å². The van der Waals surface area contributed by atoms with E-state index in [9.17, 15) is 0 Å². The minimum Gasteiger partial charge on any atom is -0.399 e. The number of nitrogen functional groups attached to an aromatic ring is 1. The van der Waals surface area contributed by atoms with Crippen LogP contribution in [-0.2, 0) is 4.74 Å². The quantitative estimate of drug-likeness (QED) is 0.640. The summed E-state index contributed by atoms with van der Waals surface area (Å²) in [6, 6.07) is 8.09. The Hall–Kier alpha value is -1.02. The maximum absolute atomic E-state index is 5.59. The summed E-state index contributed by atoms with van der Waals surface area (Å²) in [7, 11) is 0. The van der Waals surface area contributed by atoms with Gasteiger partial charge in [-0.25, -0.2) is 0 Å². The van der Waals surface area contributed by atoms with Gasteiger partial charge in [0.2, 0.25) is 0 Å². The molecular formula is C10H13NO. The van der Waals surface area contributed by atoms with Gasteiger partial charge >= 0.3 is 0 Å². The van der Waals surface area contributed by atoms with Crippen molar-refractivity contribution in [2.75, 3.05) is 18.9 Å². The molecule has 1 saturated heterocycles. The summed E-state index contributed by atoms with van der Waals surface area (Å²) in [4.78, 5) is 0. The third-order valence-electron chi connectivity index (χ3n) is 2.34. The van der Waals surface area contributed by atoms with Crippen molar-refractivity contribution in [1.29, 1.82) is 0 Å². The zero-order valence-corrected chi connectivity index (χ0v) is 6.99. The summed E-state index contributed by atoms with van der Waals surface area (Å²) in [5.41, 5.74) is 7.77. The van der Waals surface area contributed by atoms with E-state index in [1.165, 1.54) is 5.56 Å². The number of anilines is 1. The van der Waals surface area contributed by atoms with E-state index < -0.39 is 0 Å². The Bertz CT molecular complexity index is 249. The Morgan fingerprint density at radius 2 is 2.00 bits per heavy atom. The molecule has 1 heterocycles. The van der Waals surface area contributed by atoms with Gasteiger partial charge in [-0.15, -0.1) is 0 Å². The van der Waals surface area contributed by atoms with Gasteiger partial charge in [-0.1, -0.05) is 12.1 Å². The molecule has 0 aromatic heterocycles. The van der Waals surface area contributed by atoms with Crippen molar-refractivity contribution in [2.24, 2.45) is 0 Å². The molecule has 1 aromatic rings. The fourth-order valence-electron chi connectivity index (χ4n) is 1.57. The SMILES string of the molecule is Nc1ccc(C2CCOC2)cc1. The van der Waals surface area contributed by atoms with E-state index in [0.717, 1.165) is 25.3 Å². The first-order chi connectivity index (χ1) is 5.86. The molecule has 0 aliphatic carbocycles. The van der Waals surface area contributed by atoms with Crippen LogP contribution in [0, 0.1) is 0 Å². The third-order valence-corrected chi connectivity index (χ3v) is 2.34. The first-order valence-corrected chi connectivity index (χ1v) is 4.29. The van der Waals surface area contributed by atoms with E-state index in [0.29, 0.717) is 5.92 Å². The van der Waals surface area contributed by atoms with Crippen LogP contribution in [0.1, 0.15) is 17.9 Å². The summed E-state index contributed by atoms with van der Waals surface area (Å²) >= 11 is 0. The summed E-state index contributed by atoms with van der Waals surface area (Å²) in [6.07, 6.45) is 1.14. The average Bonchev–Trinajstić information content (AvgIpc) is 2.58. The second-order valence-corrected chi connectivity index (χ2v) is 3.23. The van der Waals surface area contributed by atoms with Gasteiger partial charge in [0.25, 0.3) is 0 Å². The van der Waals surface area contributed by atoms with Crippen LogP contribution in [0.3, 0.4) is 0 Å². The molecule has 1 atom stereocenters.